The predicted octanol–water partition coefficient (Wildman–Crippen LogP) is 4.29. The molecule has 7 heteroatoms. The number of benzene rings is 2. The summed E-state index contributed by atoms with van der Waals surface area (Å²) in [4.78, 5) is 21.5. The van der Waals surface area contributed by atoms with E-state index in [1.54, 1.807) is 0 Å². The molecule has 4 heterocycles. The van der Waals surface area contributed by atoms with E-state index in [1.807, 2.05) is 11.1 Å². The second kappa shape index (κ2) is 10.4. The van der Waals surface area contributed by atoms with E-state index in [9.17, 15) is 4.79 Å². The van der Waals surface area contributed by atoms with Crippen molar-refractivity contribution < 1.29 is 19.0 Å². The monoisotopic (exact) mass is 487 g/mol. The number of pyridine rings is 1. The summed E-state index contributed by atoms with van der Waals surface area (Å²) < 4.78 is 17.3. The molecular weight excluding hydrogens is 454 g/mol. The molecule has 3 aliphatic rings. The van der Waals surface area contributed by atoms with Gasteiger partial charge in [-0.15, -0.1) is 0 Å². The summed E-state index contributed by atoms with van der Waals surface area (Å²) in [5.41, 5.74) is 2.33. The maximum Gasteiger partial charge on any atom is 0.251 e. The predicted molar refractivity (Wildman–Crippen MR) is 139 cm³/mol. The lowest BCUT2D eigenvalue weighted by Gasteiger charge is -2.33. The van der Waals surface area contributed by atoms with Gasteiger partial charge in [0.1, 0.15) is 23.8 Å². The van der Waals surface area contributed by atoms with Crippen LogP contribution >= 0.6 is 0 Å². The second-order valence-electron chi connectivity index (χ2n) is 9.84. The zero-order valence-electron chi connectivity index (χ0n) is 20.6. The lowest BCUT2D eigenvalue weighted by molar-refractivity contribution is -0.142. The number of amides is 1. The van der Waals surface area contributed by atoms with Gasteiger partial charge in [-0.05, 0) is 53.6 Å². The van der Waals surface area contributed by atoms with E-state index in [4.69, 9.17) is 14.2 Å². The van der Waals surface area contributed by atoms with Gasteiger partial charge in [0, 0.05) is 57.2 Å². The molecule has 6 rings (SSSR count). The molecule has 3 fully saturated rings. The van der Waals surface area contributed by atoms with E-state index in [2.05, 4.69) is 58.4 Å². The third-order valence-electron chi connectivity index (χ3n) is 7.50. The number of hydrogen-bond donors (Lipinski definition) is 0. The Bertz CT molecular complexity index is 1190. The number of carbonyl (C=O) groups is 1. The number of rotatable bonds is 5. The fraction of sp³-hybridized carbons (Fsp3) is 0.448. The number of ether oxygens (including phenoxy) is 3. The summed E-state index contributed by atoms with van der Waals surface area (Å²) in [6.45, 7) is 5.42. The van der Waals surface area contributed by atoms with Gasteiger partial charge in [0.15, 0.2) is 0 Å². The van der Waals surface area contributed by atoms with Gasteiger partial charge in [-0.3, -0.25) is 4.79 Å². The standard InChI is InChI=1S/C29H33N3O4/c33-29(27-2-1-17-35-27)32-13-10-25(11-14-32)36-24-6-3-21(4-7-24)22-5-8-26-23(20-22)9-12-30-28(26)31-15-18-34-19-16-31/h3-9,12,20,25,27H,1-2,10-11,13-19H2. The first kappa shape index (κ1) is 23.3. The van der Waals surface area contributed by atoms with Gasteiger partial charge in [-0.2, -0.15) is 0 Å². The number of piperidine rings is 1. The van der Waals surface area contributed by atoms with E-state index in [-0.39, 0.29) is 18.1 Å². The largest absolute Gasteiger partial charge is 0.490 e. The van der Waals surface area contributed by atoms with Crippen LogP contribution in [0.4, 0.5) is 5.82 Å². The van der Waals surface area contributed by atoms with Crippen molar-refractivity contribution in [3.05, 3.63) is 54.7 Å². The molecular formula is C29H33N3O4. The number of nitrogens with zero attached hydrogens (tertiary/aromatic N) is 3. The smallest absolute Gasteiger partial charge is 0.251 e. The molecule has 0 bridgehead atoms. The Labute approximate surface area is 212 Å². The summed E-state index contributed by atoms with van der Waals surface area (Å²) in [6.07, 6.45) is 5.34. The summed E-state index contributed by atoms with van der Waals surface area (Å²) in [7, 11) is 0. The Hall–Kier alpha value is -3.16. The molecule has 3 saturated heterocycles. The number of morpholine rings is 1. The third-order valence-corrected chi connectivity index (χ3v) is 7.50. The van der Waals surface area contributed by atoms with Gasteiger partial charge in [-0.1, -0.05) is 24.3 Å². The summed E-state index contributed by atoms with van der Waals surface area (Å²) in [5.74, 6) is 2.07. The Kier molecular flexibility index (Phi) is 6.75. The number of aromatic nitrogens is 1. The molecule has 36 heavy (non-hydrogen) atoms. The normalized spacial score (nSPS) is 21.2. The maximum absolute atomic E-state index is 12.6. The fourth-order valence-corrected chi connectivity index (χ4v) is 5.46. The molecule has 0 saturated carbocycles. The van der Waals surface area contributed by atoms with Crippen molar-refractivity contribution in [2.24, 2.45) is 0 Å². The Morgan fingerprint density at radius 2 is 1.67 bits per heavy atom. The van der Waals surface area contributed by atoms with Crippen molar-refractivity contribution in [1.29, 1.82) is 0 Å². The minimum Gasteiger partial charge on any atom is -0.490 e. The van der Waals surface area contributed by atoms with Crippen LogP contribution in [0.15, 0.2) is 54.7 Å². The average molecular weight is 488 g/mol. The van der Waals surface area contributed by atoms with E-state index < -0.39 is 0 Å². The highest BCUT2D eigenvalue weighted by Gasteiger charge is 2.31. The Balaban J connectivity index is 1.09. The molecule has 0 aliphatic carbocycles. The van der Waals surface area contributed by atoms with Crippen LogP contribution in [0.1, 0.15) is 25.7 Å². The van der Waals surface area contributed by atoms with Gasteiger partial charge in [-0.25, -0.2) is 4.98 Å². The number of anilines is 1. The van der Waals surface area contributed by atoms with Crippen LogP contribution in [-0.4, -0.2) is 74.0 Å². The molecule has 188 valence electrons. The van der Waals surface area contributed by atoms with Gasteiger partial charge in [0.25, 0.3) is 5.91 Å². The highest BCUT2D eigenvalue weighted by atomic mass is 16.5. The van der Waals surface area contributed by atoms with Crippen molar-refractivity contribution in [3.8, 4) is 16.9 Å². The summed E-state index contributed by atoms with van der Waals surface area (Å²) in [5, 5.41) is 2.36. The number of fused-ring (bicyclic) bond motifs is 1. The van der Waals surface area contributed by atoms with Crippen LogP contribution < -0.4 is 9.64 Å². The van der Waals surface area contributed by atoms with Crippen molar-refractivity contribution in [1.82, 2.24) is 9.88 Å². The van der Waals surface area contributed by atoms with Crippen LogP contribution in [0.5, 0.6) is 5.75 Å². The first-order chi connectivity index (χ1) is 17.7. The molecule has 3 aliphatic heterocycles. The molecule has 1 atom stereocenters. The van der Waals surface area contributed by atoms with Crippen LogP contribution in [0, 0.1) is 0 Å². The van der Waals surface area contributed by atoms with Gasteiger partial charge < -0.3 is 24.0 Å². The third kappa shape index (κ3) is 4.90. The molecule has 0 N–H and O–H groups in total. The van der Waals surface area contributed by atoms with Crippen LogP contribution in [0.3, 0.4) is 0 Å². The number of hydrogen-bond acceptors (Lipinski definition) is 6. The minimum atomic E-state index is -0.229. The lowest BCUT2D eigenvalue weighted by atomic mass is 10.0. The molecule has 3 aromatic rings. The molecule has 0 spiro atoms. The number of carbonyl (C=O) groups excluding carboxylic acids is 1. The van der Waals surface area contributed by atoms with Gasteiger partial charge >= 0.3 is 0 Å². The molecule has 1 aromatic heterocycles. The van der Waals surface area contributed by atoms with E-state index in [0.29, 0.717) is 6.61 Å². The first-order valence-electron chi connectivity index (χ1n) is 13.1. The van der Waals surface area contributed by atoms with E-state index in [1.165, 1.54) is 16.3 Å². The minimum absolute atomic E-state index is 0.135. The van der Waals surface area contributed by atoms with Gasteiger partial charge in [0.2, 0.25) is 0 Å². The maximum atomic E-state index is 12.6. The van der Waals surface area contributed by atoms with E-state index in [0.717, 1.165) is 82.2 Å². The first-order valence-corrected chi connectivity index (χ1v) is 13.1. The average Bonchev–Trinajstić information content (AvgIpc) is 3.49. The Morgan fingerprint density at radius 3 is 2.42 bits per heavy atom. The molecule has 0 radical (unpaired) electrons. The molecule has 1 unspecified atom stereocenters. The molecule has 2 aromatic carbocycles. The van der Waals surface area contributed by atoms with E-state index >= 15 is 0 Å². The van der Waals surface area contributed by atoms with Crippen LogP contribution in [0.2, 0.25) is 0 Å². The lowest BCUT2D eigenvalue weighted by Crippen LogP contribution is -2.45. The quantitative estimate of drug-likeness (QED) is 0.535. The van der Waals surface area contributed by atoms with Crippen molar-refractivity contribution in [3.63, 3.8) is 0 Å². The van der Waals surface area contributed by atoms with Crippen LogP contribution in [-0.2, 0) is 14.3 Å². The van der Waals surface area contributed by atoms with Crippen LogP contribution in [0.25, 0.3) is 21.9 Å². The summed E-state index contributed by atoms with van der Waals surface area (Å²) in [6, 6.07) is 17.0. The SMILES string of the molecule is O=C(C1CCCO1)N1CCC(Oc2ccc(-c3ccc4c(N5CCOCC5)nccc4c3)cc2)CC1. The Morgan fingerprint density at radius 1 is 0.889 bits per heavy atom. The van der Waals surface area contributed by atoms with Crippen molar-refractivity contribution in [2.75, 3.05) is 50.9 Å². The van der Waals surface area contributed by atoms with Crippen molar-refractivity contribution in [2.45, 2.75) is 37.9 Å². The van der Waals surface area contributed by atoms with Gasteiger partial charge in [0.05, 0.1) is 13.2 Å². The highest BCUT2D eigenvalue weighted by Crippen LogP contribution is 2.31. The zero-order chi connectivity index (χ0) is 24.3. The van der Waals surface area contributed by atoms with Crippen molar-refractivity contribution >= 4 is 22.5 Å². The zero-order valence-corrected chi connectivity index (χ0v) is 20.6. The summed E-state index contributed by atoms with van der Waals surface area (Å²) >= 11 is 0. The molecule has 7 nitrogen and oxygen atoms in total. The second-order valence-corrected chi connectivity index (χ2v) is 9.84. The number of likely N-dealkylation sites (tertiary alicyclic amines) is 1. The highest BCUT2D eigenvalue weighted by molar-refractivity contribution is 5.95. The topological polar surface area (TPSA) is 64.1 Å². The fourth-order valence-electron chi connectivity index (χ4n) is 5.46. The molecule has 1 amide bonds.